The van der Waals surface area contributed by atoms with Gasteiger partial charge in [-0.1, -0.05) is 48.9 Å². The monoisotopic (exact) mass is 444 g/mol. The molecular weight excluding hydrogens is 428 g/mol. The average molecular weight is 445 g/mol. The maximum Gasteiger partial charge on any atom is 0.273 e. The molecule has 0 radical (unpaired) electrons. The molecule has 0 saturated heterocycles. The van der Waals surface area contributed by atoms with Crippen LogP contribution in [0.4, 0.5) is 11.4 Å². The van der Waals surface area contributed by atoms with E-state index in [4.69, 9.17) is 11.6 Å². The molecule has 0 atom stereocenters. The van der Waals surface area contributed by atoms with Crippen LogP contribution in [-0.2, 0) is 16.4 Å². The van der Waals surface area contributed by atoms with Crippen LogP contribution in [-0.4, -0.2) is 19.2 Å². The number of halogens is 1. The largest absolute Gasteiger partial charge is 0.273 e. The van der Waals surface area contributed by atoms with Gasteiger partial charge in [-0.05, 0) is 42.3 Å². The van der Waals surface area contributed by atoms with E-state index in [1.54, 1.807) is 30.3 Å². The number of rotatable bonds is 6. The second-order valence-corrected chi connectivity index (χ2v) is 8.52. The Bertz CT molecular complexity index is 1200. The fraction of sp³-hybridized carbons (Fsp3) is 0.0952. The molecule has 7 nitrogen and oxygen atoms in total. The molecule has 0 aromatic heterocycles. The van der Waals surface area contributed by atoms with Crippen molar-refractivity contribution < 1.29 is 18.1 Å². The zero-order chi connectivity index (χ0) is 21.9. The molecule has 1 amide bonds. The number of aryl methyl sites for hydroxylation is 1. The first kappa shape index (κ1) is 21.5. The number of nitro benzene ring substituents is 1. The van der Waals surface area contributed by atoms with Crippen LogP contribution in [0.25, 0.3) is 0 Å². The lowest BCUT2D eigenvalue weighted by Gasteiger charge is -2.23. The van der Waals surface area contributed by atoms with Gasteiger partial charge in [0, 0.05) is 12.1 Å². The van der Waals surface area contributed by atoms with Gasteiger partial charge in [0.2, 0.25) is 0 Å². The number of carbonyl (C=O) groups excluding carboxylic acids is 1. The number of hydrogen-bond donors (Lipinski definition) is 0. The number of anilines is 1. The van der Waals surface area contributed by atoms with Gasteiger partial charge < -0.3 is 0 Å². The Morgan fingerprint density at radius 3 is 2.20 bits per heavy atom. The van der Waals surface area contributed by atoms with E-state index in [0.29, 0.717) is 4.31 Å². The zero-order valence-corrected chi connectivity index (χ0v) is 17.4. The topological polar surface area (TPSA) is 97.6 Å². The lowest BCUT2D eigenvalue weighted by Crippen LogP contribution is -2.37. The normalized spacial score (nSPS) is 11.1. The Labute approximate surface area is 178 Å². The third-order valence-corrected chi connectivity index (χ3v) is 6.48. The second kappa shape index (κ2) is 8.64. The van der Waals surface area contributed by atoms with Crippen LogP contribution in [0.15, 0.2) is 77.7 Å². The van der Waals surface area contributed by atoms with Gasteiger partial charge in [0.25, 0.3) is 21.6 Å². The summed E-state index contributed by atoms with van der Waals surface area (Å²) in [4.78, 5) is 23.5. The van der Waals surface area contributed by atoms with Gasteiger partial charge in [-0.3, -0.25) is 14.9 Å². The predicted molar refractivity (Wildman–Crippen MR) is 114 cm³/mol. The van der Waals surface area contributed by atoms with Gasteiger partial charge in [0.15, 0.2) is 0 Å². The zero-order valence-electron chi connectivity index (χ0n) is 15.9. The van der Waals surface area contributed by atoms with Crippen molar-refractivity contribution in [3.8, 4) is 0 Å². The lowest BCUT2D eigenvalue weighted by molar-refractivity contribution is -0.384. The van der Waals surface area contributed by atoms with Crippen molar-refractivity contribution in [2.75, 3.05) is 4.31 Å². The van der Waals surface area contributed by atoms with Gasteiger partial charge in [-0.25, -0.2) is 8.42 Å². The molecule has 0 aliphatic heterocycles. The minimum Gasteiger partial charge on any atom is -0.268 e. The SMILES string of the molecule is CCc1ccc(N(C(=O)c2ccc([N+](=O)[O-])cc2Cl)S(=O)(=O)c2ccccc2)cc1. The van der Waals surface area contributed by atoms with Crippen molar-refractivity contribution in [2.45, 2.75) is 18.2 Å². The van der Waals surface area contributed by atoms with Crippen molar-refractivity contribution in [2.24, 2.45) is 0 Å². The number of benzene rings is 3. The molecule has 9 heteroatoms. The standard InChI is InChI=1S/C21H17ClN2O5S/c1-2-15-8-10-16(11-9-15)23(30(28,29)18-6-4-3-5-7-18)21(25)19-13-12-17(24(26)27)14-20(19)22/h3-14H,2H2,1H3. The molecule has 0 N–H and O–H groups in total. The fourth-order valence-corrected chi connectivity index (χ4v) is 4.51. The van der Waals surface area contributed by atoms with E-state index in [0.717, 1.165) is 30.2 Å². The van der Waals surface area contributed by atoms with Crippen LogP contribution in [0.1, 0.15) is 22.8 Å². The van der Waals surface area contributed by atoms with Gasteiger partial charge in [0.05, 0.1) is 26.1 Å². The first-order valence-electron chi connectivity index (χ1n) is 8.93. The summed E-state index contributed by atoms with van der Waals surface area (Å²) in [5, 5.41) is 10.7. The summed E-state index contributed by atoms with van der Waals surface area (Å²) < 4.78 is 27.3. The molecule has 0 spiro atoms. The molecular formula is C21H17ClN2O5S. The molecule has 0 bridgehead atoms. The Balaban J connectivity index is 2.16. The summed E-state index contributed by atoms with van der Waals surface area (Å²) >= 11 is 6.10. The maximum absolute atomic E-state index is 13.3. The third-order valence-electron chi connectivity index (χ3n) is 4.44. The molecule has 0 heterocycles. The Kier molecular flexibility index (Phi) is 6.19. The van der Waals surface area contributed by atoms with Crippen molar-refractivity contribution >= 4 is 38.9 Å². The van der Waals surface area contributed by atoms with Crippen molar-refractivity contribution in [1.82, 2.24) is 0 Å². The minimum atomic E-state index is -4.27. The minimum absolute atomic E-state index is 0.0732. The molecule has 0 aliphatic carbocycles. The van der Waals surface area contributed by atoms with Crippen LogP contribution in [0, 0.1) is 10.1 Å². The lowest BCUT2D eigenvalue weighted by atomic mass is 10.1. The smallest absolute Gasteiger partial charge is 0.268 e. The Morgan fingerprint density at radius 1 is 1.03 bits per heavy atom. The third kappa shape index (κ3) is 4.19. The van der Waals surface area contributed by atoms with Gasteiger partial charge in [-0.15, -0.1) is 0 Å². The maximum atomic E-state index is 13.3. The van der Waals surface area contributed by atoms with E-state index in [1.165, 1.54) is 24.3 Å². The molecule has 154 valence electrons. The number of sulfonamides is 1. The van der Waals surface area contributed by atoms with E-state index < -0.39 is 20.9 Å². The molecule has 3 aromatic carbocycles. The number of amides is 1. The Hall–Kier alpha value is -3.23. The van der Waals surface area contributed by atoms with Crippen LogP contribution >= 0.6 is 11.6 Å². The highest BCUT2D eigenvalue weighted by Crippen LogP contribution is 2.30. The first-order valence-corrected chi connectivity index (χ1v) is 10.7. The van der Waals surface area contributed by atoms with Crippen molar-refractivity contribution in [3.63, 3.8) is 0 Å². The number of carbonyl (C=O) groups is 1. The summed E-state index contributed by atoms with van der Waals surface area (Å²) in [5.74, 6) is -0.914. The van der Waals surface area contributed by atoms with E-state index in [1.807, 2.05) is 6.92 Å². The van der Waals surface area contributed by atoms with E-state index >= 15 is 0 Å². The van der Waals surface area contributed by atoms with Crippen LogP contribution < -0.4 is 4.31 Å². The number of nitrogens with zero attached hydrogens (tertiary/aromatic N) is 2. The highest BCUT2D eigenvalue weighted by Gasteiger charge is 2.33. The Morgan fingerprint density at radius 2 is 1.67 bits per heavy atom. The van der Waals surface area contributed by atoms with E-state index in [9.17, 15) is 23.3 Å². The summed E-state index contributed by atoms with van der Waals surface area (Å²) in [7, 11) is -4.27. The number of non-ortho nitro benzene ring substituents is 1. The van der Waals surface area contributed by atoms with Crippen LogP contribution in [0.5, 0.6) is 0 Å². The highest BCUT2D eigenvalue weighted by molar-refractivity contribution is 7.93. The van der Waals surface area contributed by atoms with Gasteiger partial charge in [-0.2, -0.15) is 4.31 Å². The molecule has 0 aliphatic rings. The quantitative estimate of drug-likeness (QED) is 0.400. The first-order chi connectivity index (χ1) is 14.3. The van der Waals surface area contributed by atoms with Crippen LogP contribution in [0.3, 0.4) is 0 Å². The summed E-state index contributed by atoms with van der Waals surface area (Å²) in [6.07, 6.45) is 0.744. The second-order valence-electron chi connectivity index (χ2n) is 6.33. The van der Waals surface area contributed by atoms with E-state index in [-0.39, 0.29) is 26.9 Å². The number of hydrogen-bond acceptors (Lipinski definition) is 5. The predicted octanol–water partition coefficient (Wildman–Crippen LogP) is 4.85. The molecule has 0 fully saturated rings. The van der Waals surface area contributed by atoms with Crippen molar-refractivity contribution in [3.05, 3.63) is 99.1 Å². The van der Waals surface area contributed by atoms with Gasteiger partial charge >= 0.3 is 0 Å². The molecule has 0 unspecified atom stereocenters. The molecule has 3 aromatic rings. The fourth-order valence-electron chi connectivity index (χ4n) is 2.83. The average Bonchev–Trinajstić information content (AvgIpc) is 2.74. The summed E-state index contributed by atoms with van der Waals surface area (Å²) in [6, 6.07) is 17.3. The highest BCUT2D eigenvalue weighted by atomic mass is 35.5. The molecule has 0 saturated carbocycles. The van der Waals surface area contributed by atoms with Gasteiger partial charge in [0.1, 0.15) is 0 Å². The number of nitro groups is 1. The van der Waals surface area contributed by atoms with E-state index in [2.05, 4.69) is 0 Å². The summed E-state index contributed by atoms with van der Waals surface area (Å²) in [6.45, 7) is 1.95. The summed E-state index contributed by atoms with van der Waals surface area (Å²) in [5.41, 5.74) is 0.634. The van der Waals surface area contributed by atoms with Crippen molar-refractivity contribution in [1.29, 1.82) is 0 Å². The molecule has 30 heavy (non-hydrogen) atoms. The van der Waals surface area contributed by atoms with Crippen LogP contribution in [0.2, 0.25) is 5.02 Å². The molecule has 3 rings (SSSR count).